The number of carbonyl (C=O) groups is 2. The molecule has 0 spiro atoms. The van der Waals surface area contributed by atoms with E-state index in [2.05, 4.69) is 5.32 Å². The van der Waals surface area contributed by atoms with Crippen molar-refractivity contribution in [2.24, 2.45) is 0 Å². The van der Waals surface area contributed by atoms with Crippen molar-refractivity contribution >= 4 is 22.8 Å². The lowest BCUT2D eigenvalue weighted by molar-refractivity contribution is -0.112. The van der Waals surface area contributed by atoms with Crippen molar-refractivity contribution in [2.45, 2.75) is 12.5 Å². The van der Waals surface area contributed by atoms with Gasteiger partial charge in [-0.3, -0.25) is 9.59 Å². The van der Waals surface area contributed by atoms with Crippen molar-refractivity contribution in [3.63, 3.8) is 0 Å². The van der Waals surface area contributed by atoms with Crippen LogP contribution in [0.25, 0.3) is 0 Å². The Balaban J connectivity index is 2.16. The Labute approximate surface area is 115 Å². The van der Waals surface area contributed by atoms with Crippen LogP contribution in [-0.4, -0.2) is 37.0 Å². The molecule has 1 aromatic carbocycles. The molecule has 19 heavy (non-hydrogen) atoms. The first-order valence-corrected chi connectivity index (χ1v) is 6.83. The van der Waals surface area contributed by atoms with E-state index in [4.69, 9.17) is 9.47 Å². The van der Waals surface area contributed by atoms with E-state index in [9.17, 15) is 9.59 Å². The minimum absolute atomic E-state index is 0.0169. The van der Waals surface area contributed by atoms with Crippen LogP contribution in [0, 0.1) is 0 Å². The summed E-state index contributed by atoms with van der Waals surface area (Å²) < 4.78 is 10.2. The number of methoxy groups -OCH3 is 2. The van der Waals surface area contributed by atoms with E-state index < -0.39 is 6.04 Å². The summed E-state index contributed by atoms with van der Waals surface area (Å²) in [5.74, 6) is 1.54. The molecule has 1 amide bonds. The number of thioether (sulfide) groups is 1. The number of nitrogens with one attached hydrogen (secondary N) is 1. The van der Waals surface area contributed by atoms with Crippen LogP contribution in [0.2, 0.25) is 0 Å². The molecule has 0 aromatic heterocycles. The van der Waals surface area contributed by atoms with Crippen molar-refractivity contribution in [3.05, 3.63) is 23.8 Å². The normalized spacial score (nSPS) is 18.2. The van der Waals surface area contributed by atoms with E-state index in [0.29, 0.717) is 23.5 Å². The predicted octanol–water partition coefficient (Wildman–Crippen LogP) is 1.47. The molecule has 102 valence electrons. The number of benzene rings is 1. The number of amides is 1. The lowest BCUT2D eigenvalue weighted by Crippen LogP contribution is -2.37. The largest absolute Gasteiger partial charge is 0.497 e. The summed E-state index contributed by atoms with van der Waals surface area (Å²) in [7, 11) is 3.04. The van der Waals surface area contributed by atoms with Gasteiger partial charge in [0.1, 0.15) is 11.5 Å². The molecule has 0 bridgehead atoms. The van der Waals surface area contributed by atoms with Crippen LogP contribution < -0.4 is 14.8 Å². The molecule has 1 N–H and O–H groups in total. The first-order chi connectivity index (χ1) is 9.13. The predicted molar refractivity (Wildman–Crippen MR) is 72.9 cm³/mol. The van der Waals surface area contributed by atoms with Crippen LogP contribution >= 0.6 is 11.8 Å². The molecule has 6 heteroatoms. The van der Waals surface area contributed by atoms with Crippen LogP contribution in [0.5, 0.6) is 11.5 Å². The van der Waals surface area contributed by atoms with Gasteiger partial charge in [0, 0.05) is 17.4 Å². The number of hydrogen-bond acceptors (Lipinski definition) is 5. The standard InChI is InChI=1S/C13H15NO4S/c1-17-9-5-8(6-10(7-9)18-2)12(15)14-11-3-4-19-13(11)16/h5-7,11H,3-4H2,1-2H3,(H,14,15)/t11-/m0/s1. The van der Waals surface area contributed by atoms with Crippen LogP contribution in [-0.2, 0) is 4.79 Å². The summed E-state index contributed by atoms with van der Waals surface area (Å²) in [6.07, 6.45) is 0.677. The Bertz CT molecular complexity index is 481. The third kappa shape index (κ3) is 3.20. The molecule has 1 aliphatic heterocycles. The van der Waals surface area contributed by atoms with Crippen molar-refractivity contribution in [1.29, 1.82) is 0 Å². The van der Waals surface area contributed by atoms with Gasteiger partial charge in [0.15, 0.2) is 0 Å². The van der Waals surface area contributed by atoms with Crippen LogP contribution in [0.4, 0.5) is 0 Å². The Morgan fingerprint density at radius 1 is 1.26 bits per heavy atom. The number of rotatable bonds is 4. The zero-order valence-electron chi connectivity index (χ0n) is 10.8. The maximum Gasteiger partial charge on any atom is 0.252 e. The summed E-state index contributed by atoms with van der Waals surface area (Å²) in [4.78, 5) is 23.6. The monoisotopic (exact) mass is 281 g/mol. The van der Waals surface area contributed by atoms with Gasteiger partial charge in [-0.1, -0.05) is 11.8 Å². The Morgan fingerprint density at radius 2 is 1.89 bits per heavy atom. The molecular weight excluding hydrogens is 266 g/mol. The average molecular weight is 281 g/mol. The molecule has 1 fully saturated rings. The van der Waals surface area contributed by atoms with Crippen molar-refractivity contribution in [2.75, 3.05) is 20.0 Å². The fourth-order valence-electron chi connectivity index (χ4n) is 1.81. The van der Waals surface area contributed by atoms with Gasteiger partial charge < -0.3 is 14.8 Å². The summed E-state index contributed by atoms with van der Waals surface area (Å²) in [5.41, 5.74) is 0.418. The molecular formula is C13H15NO4S. The zero-order valence-corrected chi connectivity index (χ0v) is 11.6. The highest BCUT2D eigenvalue weighted by Gasteiger charge is 2.27. The van der Waals surface area contributed by atoms with E-state index in [-0.39, 0.29) is 11.0 Å². The number of carbonyl (C=O) groups excluding carboxylic acids is 2. The van der Waals surface area contributed by atoms with Crippen LogP contribution in [0.3, 0.4) is 0 Å². The fraction of sp³-hybridized carbons (Fsp3) is 0.385. The molecule has 1 aliphatic rings. The summed E-state index contributed by atoms with van der Waals surface area (Å²) in [6.45, 7) is 0. The minimum atomic E-state index is -0.394. The summed E-state index contributed by atoms with van der Waals surface area (Å²) in [5, 5.41) is 2.74. The Morgan fingerprint density at radius 3 is 2.37 bits per heavy atom. The van der Waals surface area contributed by atoms with E-state index in [1.165, 1.54) is 26.0 Å². The van der Waals surface area contributed by atoms with E-state index in [1.807, 2.05) is 0 Å². The molecule has 1 heterocycles. The molecule has 2 rings (SSSR count). The fourth-order valence-corrected chi connectivity index (χ4v) is 2.74. The highest BCUT2D eigenvalue weighted by Crippen LogP contribution is 2.24. The molecule has 1 aromatic rings. The third-order valence-electron chi connectivity index (χ3n) is 2.85. The molecule has 5 nitrogen and oxygen atoms in total. The topological polar surface area (TPSA) is 64.6 Å². The highest BCUT2D eigenvalue weighted by molar-refractivity contribution is 8.14. The summed E-state index contributed by atoms with van der Waals surface area (Å²) in [6, 6.07) is 4.53. The lowest BCUT2D eigenvalue weighted by Gasteiger charge is -2.12. The van der Waals surface area contributed by atoms with E-state index in [1.54, 1.807) is 18.2 Å². The summed E-state index contributed by atoms with van der Waals surface area (Å²) >= 11 is 1.25. The first-order valence-electron chi connectivity index (χ1n) is 5.84. The van der Waals surface area contributed by atoms with Gasteiger partial charge in [-0.05, 0) is 18.6 Å². The zero-order chi connectivity index (χ0) is 13.8. The molecule has 0 aliphatic carbocycles. The van der Waals surface area contributed by atoms with Gasteiger partial charge in [-0.2, -0.15) is 0 Å². The quantitative estimate of drug-likeness (QED) is 0.905. The first kappa shape index (κ1) is 13.7. The SMILES string of the molecule is COc1cc(OC)cc(C(=O)N[C@H]2CCSC2=O)c1. The van der Waals surface area contributed by atoms with Gasteiger partial charge >= 0.3 is 0 Å². The molecule has 1 saturated heterocycles. The minimum Gasteiger partial charge on any atom is -0.497 e. The second kappa shape index (κ2) is 5.97. The van der Waals surface area contributed by atoms with Crippen molar-refractivity contribution in [1.82, 2.24) is 5.32 Å². The number of ether oxygens (including phenoxy) is 2. The van der Waals surface area contributed by atoms with Gasteiger partial charge in [-0.15, -0.1) is 0 Å². The Kier molecular flexibility index (Phi) is 4.31. The van der Waals surface area contributed by atoms with Gasteiger partial charge in [0.05, 0.1) is 20.3 Å². The van der Waals surface area contributed by atoms with Crippen LogP contribution in [0.15, 0.2) is 18.2 Å². The van der Waals surface area contributed by atoms with Gasteiger partial charge in [0.25, 0.3) is 5.91 Å². The van der Waals surface area contributed by atoms with Crippen molar-refractivity contribution < 1.29 is 19.1 Å². The third-order valence-corrected chi connectivity index (χ3v) is 3.86. The second-order valence-electron chi connectivity index (χ2n) is 4.08. The highest BCUT2D eigenvalue weighted by atomic mass is 32.2. The smallest absolute Gasteiger partial charge is 0.252 e. The van der Waals surface area contributed by atoms with Crippen LogP contribution in [0.1, 0.15) is 16.8 Å². The van der Waals surface area contributed by atoms with Crippen molar-refractivity contribution in [3.8, 4) is 11.5 Å². The molecule has 0 unspecified atom stereocenters. The Hall–Kier alpha value is -1.69. The van der Waals surface area contributed by atoms with E-state index >= 15 is 0 Å². The maximum absolute atomic E-state index is 12.1. The second-order valence-corrected chi connectivity index (χ2v) is 5.18. The maximum atomic E-state index is 12.1. The van der Waals surface area contributed by atoms with Gasteiger partial charge in [-0.25, -0.2) is 0 Å². The molecule has 0 radical (unpaired) electrons. The average Bonchev–Trinajstić information content (AvgIpc) is 2.83. The number of hydrogen-bond donors (Lipinski definition) is 1. The van der Waals surface area contributed by atoms with E-state index in [0.717, 1.165) is 5.75 Å². The molecule has 1 atom stereocenters. The lowest BCUT2D eigenvalue weighted by atomic mass is 10.1. The molecule has 0 saturated carbocycles. The van der Waals surface area contributed by atoms with Gasteiger partial charge in [0.2, 0.25) is 5.12 Å².